The molecule has 1 aromatic heterocycles. The van der Waals surface area contributed by atoms with Crippen LogP contribution in [0, 0.1) is 0 Å². The van der Waals surface area contributed by atoms with Crippen LogP contribution in [0.25, 0.3) is 0 Å². The van der Waals surface area contributed by atoms with E-state index < -0.39 is 15.4 Å². The van der Waals surface area contributed by atoms with Crippen LogP contribution >= 0.6 is 0 Å². The van der Waals surface area contributed by atoms with Gasteiger partial charge < -0.3 is 10.6 Å². The Morgan fingerprint density at radius 3 is 2.74 bits per heavy atom. The molecule has 1 aliphatic heterocycles. The summed E-state index contributed by atoms with van der Waals surface area (Å²) in [7, 11) is -2.90. The van der Waals surface area contributed by atoms with Crippen LogP contribution in [0.4, 0.5) is 11.6 Å². The summed E-state index contributed by atoms with van der Waals surface area (Å²) in [5.74, 6) is 1.97. The van der Waals surface area contributed by atoms with Crippen LogP contribution in [0.2, 0.25) is 0 Å². The van der Waals surface area contributed by atoms with E-state index in [2.05, 4.69) is 22.5 Å². The molecule has 0 amide bonds. The zero-order valence-electron chi connectivity index (χ0n) is 11.4. The van der Waals surface area contributed by atoms with Crippen molar-refractivity contribution in [3.63, 3.8) is 0 Å². The summed E-state index contributed by atoms with van der Waals surface area (Å²) in [5.41, 5.74) is -0.408. The molecule has 1 atom stereocenters. The van der Waals surface area contributed by atoms with Gasteiger partial charge in [0.05, 0.1) is 17.0 Å². The second kappa shape index (κ2) is 5.36. The Labute approximate surface area is 114 Å². The van der Waals surface area contributed by atoms with Crippen molar-refractivity contribution in [1.29, 1.82) is 0 Å². The maximum absolute atomic E-state index is 11.6. The third-order valence-electron chi connectivity index (χ3n) is 3.24. The summed E-state index contributed by atoms with van der Waals surface area (Å²) >= 11 is 0. The highest BCUT2D eigenvalue weighted by molar-refractivity contribution is 7.91. The van der Waals surface area contributed by atoms with Gasteiger partial charge in [0.15, 0.2) is 9.84 Å². The molecule has 2 rings (SSSR count). The van der Waals surface area contributed by atoms with Crippen LogP contribution in [0.3, 0.4) is 0 Å². The maximum Gasteiger partial charge on any atom is 0.152 e. The predicted molar refractivity (Wildman–Crippen MR) is 78.3 cm³/mol. The summed E-state index contributed by atoms with van der Waals surface area (Å²) in [6.45, 7) is 4.91. The first-order valence-electron chi connectivity index (χ1n) is 6.62. The molecule has 5 nitrogen and oxygen atoms in total. The Balaban J connectivity index is 2.07. The third kappa shape index (κ3) is 3.83. The van der Waals surface area contributed by atoms with E-state index in [0.717, 1.165) is 24.6 Å². The molecule has 1 fully saturated rings. The van der Waals surface area contributed by atoms with E-state index in [-0.39, 0.29) is 11.5 Å². The van der Waals surface area contributed by atoms with Crippen molar-refractivity contribution >= 4 is 21.5 Å². The van der Waals surface area contributed by atoms with Crippen molar-refractivity contribution in [3.05, 3.63) is 18.2 Å². The Hall–Kier alpha value is -1.30. The normalized spacial score (nSPS) is 25.2. The first-order valence-corrected chi connectivity index (χ1v) is 8.44. The van der Waals surface area contributed by atoms with Crippen molar-refractivity contribution in [1.82, 2.24) is 4.98 Å². The van der Waals surface area contributed by atoms with Crippen LogP contribution in [0.1, 0.15) is 26.7 Å². The number of sulfone groups is 1. The van der Waals surface area contributed by atoms with E-state index in [4.69, 9.17) is 0 Å². The van der Waals surface area contributed by atoms with E-state index in [1.807, 2.05) is 25.1 Å². The van der Waals surface area contributed by atoms with Gasteiger partial charge in [0, 0.05) is 6.54 Å². The number of pyridine rings is 1. The zero-order chi connectivity index (χ0) is 13.9. The standard InChI is InChI=1S/C13H21N3O2S/c1-3-8-14-11-5-4-6-12(15-11)16-13(2)7-9-19(17,18)10-13/h4-6H,3,7-10H2,1-2H3,(H2,14,15,16). The predicted octanol–water partition coefficient (Wildman–Crippen LogP) is 1.89. The molecule has 1 unspecified atom stereocenters. The highest BCUT2D eigenvalue weighted by Crippen LogP contribution is 2.27. The number of aromatic nitrogens is 1. The molecular weight excluding hydrogens is 262 g/mol. The number of rotatable bonds is 5. The molecule has 1 aliphatic rings. The lowest BCUT2D eigenvalue weighted by Gasteiger charge is -2.24. The molecule has 0 saturated carbocycles. The Kier molecular flexibility index (Phi) is 3.99. The highest BCUT2D eigenvalue weighted by Gasteiger charge is 2.38. The van der Waals surface area contributed by atoms with E-state index in [1.165, 1.54) is 0 Å². The van der Waals surface area contributed by atoms with Gasteiger partial charge in [0.1, 0.15) is 11.6 Å². The highest BCUT2D eigenvalue weighted by atomic mass is 32.2. The molecule has 1 aromatic rings. The molecule has 2 N–H and O–H groups in total. The zero-order valence-corrected chi connectivity index (χ0v) is 12.3. The van der Waals surface area contributed by atoms with Crippen molar-refractivity contribution in [2.75, 3.05) is 28.7 Å². The first kappa shape index (κ1) is 14.1. The van der Waals surface area contributed by atoms with Gasteiger partial charge in [-0.2, -0.15) is 0 Å². The fourth-order valence-electron chi connectivity index (χ4n) is 2.27. The van der Waals surface area contributed by atoms with E-state index >= 15 is 0 Å². The molecule has 0 spiro atoms. The minimum Gasteiger partial charge on any atom is -0.370 e. The quantitative estimate of drug-likeness (QED) is 0.863. The SMILES string of the molecule is CCCNc1cccc(NC2(C)CCS(=O)(=O)C2)n1. The molecule has 106 valence electrons. The largest absolute Gasteiger partial charge is 0.370 e. The molecule has 0 aliphatic carbocycles. The maximum atomic E-state index is 11.6. The number of hydrogen-bond acceptors (Lipinski definition) is 5. The fraction of sp³-hybridized carbons (Fsp3) is 0.615. The van der Waals surface area contributed by atoms with Crippen molar-refractivity contribution in [2.45, 2.75) is 32.2 Å². The number of anilines is 2. The molecule has 0 radical (unpaired) electrons. The lowest BCUT2D eigenvalue weighted by atomic mass is 10.0. The van der Waals surface area contributed by atoms with Crippen LogP contribution in [0.5, 0.6) is 0 Å². The van der Waals surface area contributed by atoms with Crippen LogP contribution in [-0.2, 0) is 9.84 Å². The Morgan fingerprint density at radius 2 is 2.11 bits per heavy atom. The van der Waals surface area contributed by atoms with Gasteiger partial charge >= 0.3 is 0 Å². The monoisotopic (exact) mass is 283 g/mol. The smallest absolute Gasteiger partial charge is 0.152 e. The molecule has 0 aromatic carbocycles. The average Bonchev–Trinajstić information content (AvgIpc) is 2.61. The van der Waals surface area contributed by atoms with Crippen molar-refractivity contribution < 1.29 is 8.42 Å². The summed E-state index contributed by atoms with van der Waals surface area (Å²) < 4.78 is 23.1. The van der Waals surface area contributed by atoms with Crippen LogP contribution < -0.4 is 10.6 Å². The molecule has 1 saturated heterocycles. The fourth-order valence-corrected chi connectivity index (χ4v) is 4.37. The average molecular weight is 283 g/mol. The van der Waals surface area contributed by atoms with E-state index in [0.29, 0.717) is 6.42 Å². The minimum atomic E-state index is -2.90. The number of nitrogens with zero attached hydrogens (tertiary/aromatic N) is 1. The second-order valence-corrected chi connectivity index (χ2v) is 7.55. The summed E-state index contributed by atoms with van der Waals surface area (Å²) in [6.07, 6.45) is 1.67. The lowest BCUT2D eigenvalue weighted by Crippen LogP contribution is -2.36. The topological polar surface area (TPSA) is 71.1 Å². The van der Waals surface area contributed by atoms with Gasteiger partial charge in [0.25, 0.3) is 0 Å². The minimum absolute atomic E-state index is 0.175. The molecular formula is C13H21N3O2S. The van der Waals surface area contributed by atoms with Crippen LogP contribution in [0.15, 0.2) is 18.2 Å². The first-order chi connectivity index (χ1) is 8.92. The van der Waals surface area contributed by atoms with Gasteiger partial charge in [-0.25, -0.2) is 13.4 Å². The van der Waals surface area contributed by atoms with E-state index in [1.54, 1.807) is 0 Å². The summed E-state index contributed by atoms with van der Waals surface area (Å²) in [6, 6.07) is 5.70. The van der Waals surface area contributed by atoms with Gasteiger partial charge in [-0.1, -0.05) is 13.0 Å². The second-order valence-electron chi connectivity index (χ2n) is 5.36. The summed E-state index contributed by atoms with van der Waals surface area (Å²) in [4.78, 5) is 4.45. The molecule has 6 heteroatoms. The Morgan fingerprint density at radius 1 is 1.37 bits per heavy atom. The van der Waals surface area contributed by atoms with Gasteiger partial charge in [-0.15, -0.1) is 0 Å². The Bertz CT molecular complexity index is 545. The number of nitrogens with one attached hydrogen (secondary N) is 2. The third-order valence-corrected chi connectivity index (χ3v) is 5.14. The van der Waals surface area contributed by atoms with E-state index in [9.17, 15) is 8.42 Å². The van der Waals surface area contributed by atoms with Gasteiger partial charge in [-0.3, -0.25) is 0 Å². The molecule has 19 heavy (non-hydrogen) atoms. The van der Waals surface area contributed by atoms with Gasteiger partial charge in [-0.05, 0) is 31.9 Å². The lowest BCUT2D eigenvalue weighted by molar-refractivity contribution is 0.572. The molecule has 0 bridgehead atoms. The molecule has 2 heterocycles. The van der Waals surface area contributed by atoms with Crippen molar-refractivity contribution in [2.24, 2.45) is 0 Å². The summed E-state index contributed by atoms with van der Waals surface area (Å²) in [5, 5.41) is 6.48. The van der Waals surface area contributed by atoms with Crippen molar-refractivity contribution in [3.8, 4) is 0 Å². The number of hydrogen-bond donors (Lipinski definition) is 2. The van der Waals surface area contributed by atoms with Crippen LogP contribution in [-0.4, -0.2) is 37.0 Å². The van der Waals surface area contributed by atoms with Gasteiger partial charge in [0.2, 0.25) is 0 Å².